The zero-order chi connectivity index (χ0) is 11.1. The van der Waals surface area contributed by atoms with Crippen molar-refractivity contribution in [3.05, 3.63) is 42.3 Å². The van der Waals surface area contributed by atoms with E-state index in [2.05, 4.69) is 4.98 Å². The highest BCUT2D eigenvalue weighted by molar-refractivity contribution is 5.96. The number of para-hydroxylation sites is 1. The molecular formula is C12H7NO3. The van der Waals surface area contributed by atoms with Gasteiger partial charge in [-0.25, -0.2) is 9.78 Å². The summed E-state index contributed by atoms with van der Waals surface area (Å²) in [5, 5.41) is 9.69. The van der Waals surface area contributed by atoms with Crippen LogP contribution in [0.3, 0.4) is 0 Å². The number of carbonyl (C=O) groups is 1. The Bertz CT molecular complexity index is 656. The molecular weight excluding hydrogens is 206 g/mol. The standard InChI is InChI=1S/C12H7NO3/c14-12(15)9-5-7-6-16-10-4-2-1-3-8(10)11(7)13-9/h1-6H,(H,14,15). The summed E-state index contributed by atoms with van der Waals surface area (Å²) >= 11 is 0. The lowest BCUT2D eigenvalue weighted by molar-refractivity contribution is 0.0691. The van der Waals surface area contributed by atoms with Crippen LogP contribution in [0.4, 0.5) is 0 Å². The summed E-state index contributed by atoms with van der Waals surface area (Å²) in [7, 11) is 0. The normalized spacial score (nSPS) is 11.0. The fraction of sp³-hybridized carbons (Fsp3) is 0. The van der Waals surface area contributed by atoms with Crippen LogP contribution in [0.25, 0.3) is 22.2 Å². The van der Waals surface area contributed by atoms with Gasteiger partial charge in [-0.3, -0.25) is 0 Å². The van der Waals surface area contributed by atoms with Crippen LogP contribution in [0.5, 0.6) is 0 Å². The Labute approximate surface area is 90.5 Å². The van der Waals surface area contributed by atoms with Crippen molar-refractivity contribution in [3.8, 4) is 11.3 Å². The van der Waals surface area contributed by atoms with Crippen LogP contribution < -0.4 is 0 Å². The third-order valence-corrected chi connectivity index (χ3v) is 2.47. The van der Waals surface area contributed by atoms with E-state index in [0.29, 0.717) is 16.8 Å². The van der Waals surface area contributed by atoms with Gasteiger partial charge in [-0.1, -0.05) is 12.1 Å². The van der Waals surface area contributed by atoms with Crippen LogP contribution in [-0.2, 0) is 0 Å². The van der Waals surface area contributed by atoms with E-state index >= 15 is 0 Å². The topological polar surface area (TPSA) is 63.3 Å². The zero-order valence-electron chi connectivity index (χ0n) is 8.18. The average molecular weight is 213 g/mol. The van der Waals surface area contributed by atoms with Crippen molar-refractivity contribution in [2.24, 2.45) is 0 Å². The maximum absolute atomic E-state index is 10.8. The van der Waals surface area contributed by atoms with E-state index in [-0.39, 0.29) is 5.69 Å². The minimum Gasteiger partial charge on any atom is -0.477 e. The van der Waals surface area contributed by atoms with E-state index in [1.807, 2.05) is 24.3 Å². The van der Waals surface area contributed by atoms with Gasteiger partial charge in [-0.05, 0) is 18.2 Å². The van der Waals surface area contributed by atoms with Gasteiger partial charge in [-0.15, -0.1) is 0 Å². The maximum Gasteiger partial charge on any atom is 0.354 e. The number of carboxylic acid groups (broad SMARTS) is 1. The van der Waals surface area contributed by atoms with E-state index in [4.69, 9.17) is 9.52 Å². The third kappa shape index (κ3) is 1.16. The van der Waals surface area contributed by atoms with Crippen LogP contribution in [-0.4, -0.2) is 16.1 Å². The van der Waals surface area contributed by atoms with E-state index < -0.39 is 5.97 Å². The summed E-state index contributed by atoms with van der Waals surface area (Å²) in [4.78, 5) is 14.9. The highest BCUT2D eigenvalue weighted by atomic mass is 16.4. The van der Waals surface area contributed by atoms with Gasteiger partial charge in [0.25, 0.3) is 0 Å². The number of benzene rings is 1. The van der Waals surface area contributed by atoms with Crippen molar-refractivity contribution in [3.63, 3.8) is 0 Å². The Morgan fingerprint density at radius 1 is 1.31 bits per heavy atom. The average Bonchev–Trinajstić information content (AvgIpc) is 2.73. The molecule has 1 aromatic carbocycles. The number of nitrogens with zero attached hydrogens (tertiary/aromatic N) is 1. The van der Waals surface area contributed by atoms with Crippen molar-refractivity contribution >= 4 is 16.9 Å². The Balaban J connectivity index is 2.41. The Hall–Kier alpha value is -2.36. The largest absolute Gasteiger partial charge is 0.477 e. The quantitative estimate of drug-likeness (QED) is 0.674. The Morgan fingerprint density at radius 3 is 2.94 bits per heavy atom. The Kier molecular flexibility index (Phi) is 1.71. The van der Waals surface area contributed by atoms with Crippen LogP contribution in [0.15, 0.2) is 41.0 Å². The number of aromatic nitrogens is 1. The minimum absolute atomic E-state index is 0.0431. The lowest BCUT2D eigenvalue weighted by atomic mass is 10.1. The highest BCUT2D eigenvalue weighted by Crippen LogP contribution is 2.30. The first kappa shape index (κ1) is 8.91. The summed E-state index contributed by atoms with van der Waals surface area (Å²) in [5.74, 6) is -1.03. The van der Waals surface area contributed by atoms with Crippen LogP contribution in [0, 0.1) is 0 Å². The molecule has 16 heavy (non-hydrogen) atoms. The Morgan fingerprint density at radius 2 is 2.12 bits per heavy atom. The molecule has 0 fully saturated rings. The van der Waals surface area contributed by atoms with E-state index in [0.717, 1.165) is 5.39 Å². The summed E-state index contributed by atoms with van der Waals surface area (Å²) in [5.41, 5.74) is 2.11. The SMILES string of the molecule is O=C(O)c1cc2coc3ccccc3c-2n1. The van der Waals surface area contributed by atoms with Crippen molar-refractivity contribution in [2.75, 3.05) is 0 Å². The smallest absolute Gasteiger partial charge is 0.354 e. The second-order valence-corrected chi connectivity index (χ2v) is 3.48. The molecule has 0 unspecified atom stereocenters. The van der Waals surface area contributed by atoms with Gasteiger partial charge in [0.1, 0.15) is 17.5 Å². The molecule has 0 aromatic heterocycles. The minimum atomic E-state index is -1.03. The highest BCUT2D eigenvalue weighted by Gasteiger charge is 2.16. The predicted octanol–water partition coefficient (Wildman–Crippen LogP) is 2.63. The fourth-order valence-electron chi connectivity index (χ4n) is 1.74. The molecule has 4 heteroatoms. The second kappa shape index (κ2) is 3.06. The molecule has 0 saturated carbocycles. The molecule has 0 amide bonds. The van der Waals surface area contributed by atoms with Crippen LogP contribution in [0.1, 0.15) is 10.5 Å². The molecule has 78 valence electrons. The first-order valence-corrected chi connectivity index (χ1v) is 4.76. The number of aromatic carboxylic acids is 1. The number of hydrogen-bond acceptors (Lipinski definition) is 3. The molecule has 2 heterocycles. The molecule has 3 rings (SSSR count). The fourth-order valence-corrected chi connectivity index (χ4v) is 1.74. The molecule has 4 nitrogen and oxygen atoms in total. The van der Waals surface area contributed by atoms with Crippen molar-refractivity contribution in [2.45, 2.75) is 0 Å². The lowest BCUT2D eigenvalue weighted by Crippen LogP contribution is -1.94. The van der Waals surface area contributed by atoms with E-state index in [9.17, 15) is 4.79 Å². The van der Waals surface area contributed by atoms with E-state index in [1.165, 1.54) is 12.3 Å². The predicted molar refractivity (Wildman–Crippen MR) is 57.6 cm³/mol. The van der Waals surface area contributed by atoms with Gasteiger partial charge in [-0.2, -0.15) is 0 Å². The van der Waals surface area contributed by atoms with Gasteiger partial charge in [0.15, 0.2) is 0 Å². The molecule has 0 atom stereocenters. The molecule has 1 aromatic rings. The molecule has 0 spiro atoms. The van der Waals surface area contributed by atoms with Crippen molar-refractivity contribution in [1.29, 1.82) is 0 Å². The second-order valence-electron chi connectivity index (χ2n) is 3.48. The number of rotatable bonds is 1. The number of hydrogen-bond donors (Lipinski definition) is 1. The third-order valence-electron chi connectivity index (χ3n) is 2.47. The van der Waals surface area contributed by atoms with Crippen LogP contribution >= 0.6 is 0 Å². The lowest BCUT2D eigenvalue weighted by Gasteiger charge is -2.01. The maximum atomic E-state index is 10.8. The van der Waals surface area contributed by atoms with Gasteiger partial charge in [0, 0.05) is 10.9 Å². The van der Waals surface area contributed by atoms with E-state index in [1.54, 1.807) is 0 Å². The van der Waals surface area contributed by atoms with Gasteiger partial charge < -0.3 is 9.52 Å². The van der Waals surface area contributed by atoms with Crippen LogP contribution in [0.2, 0.25) is 0 Å². The van der Waals surface area contributed by atoms with Crippen molar-refractivity contribution in [1.82, 2.24) is 4.98 Å². The monoisotopic (exact) mass is 213 g/mol. The first-order valence-electron chi connectivity index (χ1n) is 4.76. The number of carboxylic acids is 1. The summed E-state index contributed by atoms with van der Waals surface area (Å²) in [6.45, 7) is 0. The molecule has 1 N–H and O–H groups in total. The number of fused-ring (bicyclic) bond motifs is 3. The summed E-state index contributed by atoms with van der Waals surface area (Å²) in [6.07, 6.45) is 1.52. The van der Waals surface area contributed by atoms with Gasteiger partial charge in [0.05, 0.1) is 5.69 Å². The molecule has 2 aliphatic heterocycles. The first-order chi connectivity index (χ1) is 7.75. The van der Waals surface area contributed by atoms with Crippen molar-refractivity contribution < 1.29 is 14.3 Å². The van der Waals surface area contributed by atoms with Gasteiger partial charge >= 0.3 is 5.97 Å². The zero-order valence-corrected chi connectivity index (χ0v) is 8.18. The molecule has 0 radical (unpaired) electrons. The summed E-state index contributed by atoms with van der Waals surface area (Å²) < 4.78 is 5.39. The molecule has 0 saturated heterocycles. The molecule has 0 aliphatic carbocycles. The van der Waals surface area contributed by atoms with Gasteiger partial charge in [0.2, 0.25) is 0 Å². The molecule has 2 aliphatic rings. The summed E-state index contributed by atoms with van der Waals surface area (Å²) in [6, 6.07) is 8.92. The molecule has 0 bridgehead atoms.